The molecule has 128 valence electrons. The Morgan fingerprint density at radius 2 is 2.33 bits per heavy atom. The minimum Gasteiger partial charge on any atom is -0.508 e. The number of amides is 1. The lowest BCUT2D eigenvalue weighted by Crippen LogP contribution is -2.44. The maximum Gasteiger partial charge on any atom is 0.273 e. The summed E-state index contributed by atoms with van der Waals surface area (Å²) in [5, 5.41) is 15.2. The van der Waals surface area contributed by atoms with Crippen LogP contribution >= 0.6 is 11.3 Å². The van der Waals surface area contributed by atoms with Gasteiger partial charge in [0.1, 0.15) is 11.4 Å². The molecule has 1 atom stereocenters. The van der Waals surface area contributed by atoms with Crippen molar-refractivity contribution in [2.45, 2.75) is 38.1 Å². The van der Waals surface area contributed by atoms with Gasteiger partial charge in [0.15, 0.2) is 5.13 Å². The van der Waals surface area contributed by atoms with Crippen LogP contribution in [0.4, 0.5) is 5.13 Å². The van der Waals surface area contributed by atoms with Crippen molar-refractivity contribution in [3.8, 4) is 5.75 Å². The molecule has 0 spiro atoms. The Bertz CT molecular complexity index is 701. The van der Waals surface area contributed by atoms with Gasteiger partial charge in [0.25, 0.3) is 5.91 Å². The van der Waals surface area contributed by atoms with E-state index in [1.54, 1.807) is 12.1 Å². The number of rotatable bonds is 5. The number of hydrogen-bond acceptors (Lipinski definition) is 5. The molecule has 0 unspecified atom stereocenters. The van der Waals surface area contributed by atoms with E-state index in [-0.39, 0.29) is 11.9 Å². The molecule has 1 aliphatic rings. The van der Waals surface area contributed by atoms with Crippen LogP contribution in [-0.2, 0) is 6.42 Å². The van der Waals surface area contributed by atoms with Crippen LogP contribution in [0.25, 0.3) is 0 Å². The fraction of sp³-hybridized carbons (Fsp3) is 0.444. The SMILES string of the molecule is CNc1nc(C(=O)N2CCCC[C@@H]2CCc2cccc(O)c2)cs1. The lowest BCUT2D eigenvalue weighted by Gasteiger charge is -2.35. The van der Waals surface area contributed by atoms with Crippen LogP contribution < -0.4 is 5.32 Å². The van der Waals surface area contributed by atoms with Gasteiger partial charge in [-0.15, -0.1) is 11.3 Å². The van der Waals surface area contributed by atoms with E-state index >= 15 is 0 Å². The molecule has 6 heteroatoms. The first-order valence-electron chi connectivity index (χ1n) is 8.39. The van der Waals surface area contributed by atoms with Gasteiger partial charge in [-0.3, -0.25) is 4.79 Å². The van der Waals surface area contributed by atoms with E-state index in [1.165, 1.54) is 11.3 Å². The lowest BCUT2D eigenvalue weighted by atomic mass is 9.95. The number of piperidine rings is 1. The quantitative estimate of drug-likeness (QED) is 0.870. The summed E-state index contributed by atoms with van der Waals surface area (Å²) in [5.41, 5.74) is 1.65. The molecule has 2 N–H and O–H groups in total. The first kappa shape index (κ1) is 16.8. The van der Waals surface area contributed by atoms with E-state index in [0.717, 1.165) is 49.3 Å². The molecule has 0 radical (unpaired) electrons. The van der Waals surface area contributed by atoms with Crippen LogP contribution in [0.1, 0.15) is 41.7 Å². The molecule has 5 nitrogen and oxygen atoms in total. The highest BCUT2D eigenvalue weighted by atomic mass is 32.1. The number of hydrogen-bond donors (Lipinski definition) is 2. The Kier molecular flexibility index (Phi) is 5.35. The third kappa shape index (κ3) is 3.87. The van der Waals surface area contributed by atoms with Gasteiger partial charge < -0.3 is 15.3 Å². The molecule has 1 fully saturated rings. The second kappa shape index (κ2) is 7.66. The third-order valence-corrected chi connectivity index (χ3v) is 5.36. The number of aromatic nitrogens is 1. The standard InChI is InChI=1S/C18H23N3O2S/c1-19-18-20-16(12-24-18)17(23)21-10-3-2-6-14(21)9-8-13-5-4-7-15(22)11-13/h4-5,7,11-12,14,22H,2-3,6,8-10H2,1H3,(H,19,20)/t14-/m1/s1. The molecular formula is C18H23N3O2S. The van der Waals surface area contributed by atoms with Crippen molar-refractivity contribution in [3.05, 3.63) is 40.9 Å². The number of phenolic OH excluding ortho intramolecular Hbond substituents is 1. The Morgan fingerprint density at radius 1 is 1.46 bits per heavy atom. The number of nitrogens with zero attached hydrogens (tertiary/aromatic N) is 2. The molecule has 1 amide bonds. The van der Waals surface area contributed by atoms with Gasteiger partial charge in [0, 0.05) is 25.0 Å². The summed E-state index contributed by atoms with van der Waals surface area (Å²) >= 11 is 1.46. The molecule has 3 rings (SSSR count). The fourth-order valence-electron chi connectivity index (χ4n) is 3.25. The number of aryl methyl sites for hydroxylation is 1. The predicted molar refractivity (Wildman–Crippen MR) is 96.8 cm³/mol. The molecule has 2 heterocycles. The number of aromatic hydroxyl groups is 1. The highest BCUT2D eigenvalue weighted by Crippen LogP contribution is 2.25. The zero-order valence-corrected chi connectivity index (χ0v) is 14.7. The Morgan fingerprint density at radius 3 is 3.08 bits per heavy atom. The second-order valence-electron chi connectivity index (χ2n) is 6.14. The number of anilines is 1. The maximum absolute atomic E-state index is 12.8. The second-order valence-corrected chi connectivity index (χ2v) is 7.00. The number of carbonyl (C=O) groups excluding carboxylic acids is 1. The predicted octanol–water partition coefficient (Wildman–Crippen LogP) is 3.52. The maximum atomic E-state index is 12.8. The van der Waals surface area contributed by atoms with E-state index < -0.39 is 0 Å². The lowest BCUT2D eigenvalue weighted by molar-refractivity contribution is 0.0596. The number of carbonyl (C=O) groups is 1. The average Bonchev–Trinajstić information content (AvgIpc) is 3.09. The summed E-state index contributed by atoms with van der Waals surface area (Å²) in [5.74, 6) is 0.333. The largest absolute Gasteiger partial charge is 0.508 e. The van der Waals surface area contributed by atoms with Crippen molar-refractivity contribution >= 4 is 22.4 Å². The van der Waals surface area contributed by atoms with Crippen molar-refractivity contribution < 1.29 is 9.90 Å². The van der Waals surface area contributed by atoms with Gasteiger partial charge >= 0.3 is 0 Å². The first-order valence-corrected chi connectivity index (χ1v) is 9.27. The van der Waals surface area contributed by atoms with Crippen LogP contribution in [0.5, 0.6) is 5.75 Å². The Labute approximate surface area is 146 Å². The van der Waals surface area contributed by atoms with Crippen molar-refractivity contribution in [2.24, 2.45) is 0 Å². The molecule has 0 saturated carbocycles. The molecule has 1 aliphatic heterocycles. The average molecular weight is 345 g/mol. The van der Waals surface area contributed by atoms with Crippen molar-refractivity contribution in [1.29, 1.82) is 0 Å². The first-order chi connectivity index (χ1) is 11.7. The molecule has 1 saturated heterocycles. The smallest absolute Gasteiger partial charge is 0.273 e. The molecule has 1 aromatic carbocycles. The molecule has 0 aliphatic carbocycles. The van der Waals surface area contributed by atoms with E-state index in [2.05, 4.69) is 10.3 Å². The van der Waals surface area contributed by atoms with Gasteiger partial charge in [-0.1, -0.05) is 12.1 Å². The Hall–Kier alpha value is -2.08. The summed E-state index contributed by atoms with van der Waals surface area (Å²) in [6.07, 6.45) is 5.03. The summed E-state index contributed by atoms with van der Waals surface area (Å²) in [4.78, 5) is 19.1. The van der Waals surface area contributed by atoms with Crippen molar-refractivity contribution in [2.75, 3.05) is 18.9 Å². The monoisotopic (exact) mass is 345 g/mol. The summed E-state index contributed by atoms with van der Waals surface area (Å²) in [7, 11) is 1.81. The number of likely N-dealkylation sites (tertiary alicyclic amines) is 1. The van der Waals surface area contributed by atoms with Crippen LogP contribution in [0, 0.1) is 0 Å². The van der Waals surface area contributed by atoms with Gasteiger partial charge in [0.05, 0.1) is 0 Å². The molecule has 24 heavy (non-hydrogen) atoms. The van der Waals surface area contributed by atoms with E-state index in [9.17, 15) is 9.90 Å². The number of nitrogens with one attached hydrogen (secondary N) is 1. The molecule has 1 aromatic heterocycles. The third-order valence-electron chi connectivity index (χ3n) is 4.50. The van der Waals surface area contributed by atoms with Crippen LogP contribution in [0.3, 0.4) is 0 Å². The molecule has 2 aromatic rings. The Balaban J connectivity index is 1.67. The highest BCUT2D eigenvalue weighted by molar-refractivity contribution is 7.13. The van der Waals surface area contributed by atoms with Crippen LogP contribution in [-0.4, -0.2) is 40.5 Å². The number of thiazole rings is 1. The fourth-order valence-corrected chi connectivity index (χ4v) is 3.89. The van der Waals surface area contributed by atoms with Gasteiger partial charge in [0.2, 0.25) is 0 Å². The van der Waals surface area contributed by atoms with E-state index in [1.807, 2.05) is 29.5 Å². The van der Waals surface area contributed by atoms with E-state index in [0.29, 0.717) is 11.4 Å². The summed E-state index contributed by atoms with van der Waals surface area (Å²) in [6.45, 7) is 0.802. The van der Waals surface area contributed by atoms with Crippen LogP contribution in [0.15, 0.2) is 29.6 Å². The summed E-state index contributed by atoms with van der Waals surface area (Å²) < 4.78 is 0. The highest BCUT2D eigenvalue weighted by Gasteiger charge is 2.28. The van der Waals surface area contributed by atoms with Gasteiger partial charge in [-0.05, 0) is 49.8 Å². The van der Waals surface area contributed by atoms with Crippen LogP contribution in [0.2, 0.25) is 0 Å². The van der Waals surface area contributed by atoms with Crippen molar-refractivity contribution in [1.82, 2.24) is 9.88 Å². The normalized spacial score (nSPS) is 17.7. The summed E-state index contributed by atoms with van der Waals surface area (Å²) in [6, 6.07) is 7.61. The minimum absolute atomic E-state index is 0.0355. The van der Waals surface area contributed by atoms with Gasteiger partial charge in [-0.2, -0.15) is 0 Å². The molecule has 0 bridgehead atoms. The minimum atomic E-state index is 0.0355. The topological polar surface area (TPSA) is 65.5 Å². The van der Waals surface area contributed by atoms with Crippen molar-refractivity contribution in [3.63, 3.8) is 0 Å². The number of phenols is 1. The van der Waals surface area contributed by atoms with E-state index in [4.69, 9.17) is 0 Å². The zero-order chi connectivity index (χ0) is 16.9. The zero-order valence-electron chi connectivity index (χ0n) is 13.9. The van der Waals surface area contributed by atoms with Gasteiger partial charge in [-0.25, -0.2) is 4.98 Å². The molecular weight excluding hydrogens is 322 g/mol. The number of benzene rings is 1.